The van der Waals surface area contributed by atoms with Crippen LogP contribution in [0, 0.1) is 5.92 Å². The van der Waals surface area contributed by atoms with Gasteiger partial charge in [0.2, 0.25) is 0 Å². The number of piperidine rings is 1. The highest BCUT2D eigenvalue weighted by Gasteiger charge is 2.19. The molecule has 1 saturated heterocycles. The Balaban J connectivity index is 0.00000529. The van der Waals surface area contributed by atoms with E-state index >= 15 is 0 Å². The second-order valence-corrected chi connectivity index (χ2v) is 6.69. The minimum absolute atomic E-state index is 0. The average molecular weight is 456 g/mol. The Morgan fingerprint density at radius 3 is 2.50 bits per heavy atom. The number of likely N-dealkylation sites (tertiary alicyclic amines) is 1. The molecule has 1 atom stereocenters. The van der Waals surface area contributed by atoms with E-state index in [4.69, 9.17) is 9.84 Å². The number of aliphatic hydroxyl groups is 1. The molecule has 1 fully saturated rings. The van der Waals surface area contributed by atoms with Crippen molar-refractivity contribution in [3.63, 3.8) is 0 Å². The summed E-state index contributed by atoms with van der Waals surface area (Å²) in [7, 11) is 0. The van der Waals surface area contributed by atoms with E-state index in [1.807, 2.05) is 6.92 Å². The molecule has 0 aliphatic carbocycles. The summed E-state index contributed by atoms with van der Waals surface area (Å²) in [6, 6.07) is 0.472. The van der Waals surface area contributed by atoms with Gasteiger partial charge in [-0.1, -0.05) is 6.92 Å². The van der Waals surface area contributed by atoms with Gasteiger partial charge in [0.05, 0.1) is 12.7 Å². The van der Waals surface area contributed by atoms with Gasteiger partial charge in [0.25, 0.3) is 0 Å². The molecular formula is C17H37IN4O2. The molecule has 0 bridgehead atoms. The summed E-state index contributed by atoms with van der Waals surface area (Å²) >= 11 is 0. The van der Waals surface area contributed by atoms with Gasteiger partial charge in [-0.25, -0.2) is 0 Å². The molecule has 1 rings (SSSR count). The molecule has 0 aromatic carbocycles. The molecule has 1 unspecified atom stereocenters. The second kappa shape index (κ2) is 14.1. The normalized spacial score (nSPS) is 18.3. The Morgan fingerprint density at radius 1 is 1.29 bits per heavy atom. The molecule has 6 nitrogen and oxygen atoms in total. The topological polar surface area (TPSA) is 69.1 Å². The van der Waals surface area contributed by atoms with Crippen LogP contribution in [0.25, 0.3) is 0 Å². The number of guanidine groups is 1. The number of hydrogen-bond donors (Lipinski definition) is 3. The largest absolute Gasteiger partial charge is 0.396 e. The number of halogens is 1. The van der Waals surface area contributed by atoms with Crippen LogP contribution in [-0.4, -0.2) is 74.0 Å². The quantitative estimate of drug-likeness (QED) is 0.280. The van der Waals surface area contributed by atoms with Crippen molar-refractivity contribution in [2.45, 2.75) is 52.7 Å². The van der Waals surface area contributed by atoms with Gasteiger partial charge in [0.1, 0.15) is 0 Å². The van der Waals surface area contributed by atoms with E-state index in [-0.39, 0.29) is 36.5 Å². The van der Waals surface area contributed by atoms with Crippen molar-refractivity contribution in [1.82, 2.24) is 15.5 Å². The van der Waals surface area contributed by atoms with Crippen LogP contribution in [0.2, 0.25) is 0 Å². The summed E-state index contributed by atoms with van der Waals surface area (Å²) < 4.78 is 5.63. The number of nitrogens with one attached hydrogen (secondary N) is 2. The maximum atomic E-state index is 9.11. The number of ether oxygens (including phenoxy) is 1. The summed E-state index contributed by atoms with van der Waals surface area (Å²) in [6.45, 7) is 14.0. The first-order valence-corrected chi connectivity index (χ1v) is 9.04. The smallest absolute Gasteiger partial charge is 0.191 e. The number of rotatable bonds is 9. The van der Waals surface area contributed by atoms with Gasteiger partial charge in [-0.05, 0) is 39.5 Å². The van der Waals surface area contributed by atoms with Crippen LogP contribution in [0.4, 0.5) is 0 Å². The second-order valence-electron chi connectivity index (χ2n) is 6.69. The summed E-state index contributed by atoms with van der Waals surface area (Å²) in [5, 5.41) is 15.9. The van der Waals surface area contributed by atoms with Gasteiger partial charge in [0, 0.05) is 45.4 Å². The fourth-order valence-electron chi connectivity index (χ4n) is 2.54. The van der Waals surface area contributed by atoms with Gasteiger partial charge < -0.3 is 25.4 Å². The Kier molecular flexibility index (Phi) is 14.0. The maximum Gasteiger partial charge on any atom is 0.191 e. The number of aliphatic imine (C=N–C) groups is 1. The van der Waals surface area contributed by atoms with Crippen molar-refractivity contribution in [3.05, 3.63) is 0 Å². The van der Waals surface area contributed by atoms with Gasteiger partial charge >= 0.3 is 0 Å². The SMILES string of the molecule is CCNC(=NCC(C)CO)NC1CCN(CCOC(C)C)CC1.I. The predicted molar refractivity (Wildman–Crippen MR) is 111 cm³/mol. The molecule has 0 aromatic rings. The van der Waals surface area contributed by atoms with Crippen LogP contribution in [0.5, 0.6) is 0 Å². The first-order chi connectivity index (χ1) is 11.0. The Hall–Kier alpha value is -0.120. The molecule has 3 N–H and O–H groups in total. The fraction of sp³-hybridized carbons (Fsp3) is 0.941. The molecule has 7 heteroatoms. The molecule has 1 aliphatic rings. The minimum Gasteiger partial charge on any atom is -0.396 e. The average Bonchev–Trinajstić information content (AvgIpc) is 2.53. The summed E-state index contributed by atoms with van der Waals surface area (Å²) in [4.78, 5) is 7.04. The molecule has 0 amide bonds. The van der Waals surface area contributed by atoms with Crippen LogP contribution >= 0.6 is 24.0 Å². The third-order valence-corrected chi connectivity index (χ3v) is 4.00. The van der Waals surface area contributed by atoms with Gasteiger partial charge in [0.15, 0.2) is 5.96 Å². The maximum absolute atomic E-state index is 9.11. The monoisotopic (exact) mass is 456 g/mol. The molecule has 0 spiro atoms. The van der Waals surface area contributed by atoms with E-state index in [0.29, 0.717) is 18.7 Å². The van der Waals surface area contributed by atoms with Gasteiger partial charge in [-0.3, -0.25) is 4.99 Å². The highest BCUT2D eigenvalue weighted by atomic mass is 127. The van der Waals surface area contributed by atoms with Crippen LogP contribution in [-0.2, 0) is 4.74 Å². The minimum atomic E-state index is 0. The molecule has 0 saturated carbocycles. The Morgan fingerprint density at radius 2 is 1.96 bits per heavy atom. The number of aliphatic hydroxyl groups excluding tert-OH is 1. The van der Waals surface area contributed by atoms with Crippen molar-refractivity contribution in [3.8, 4) is 0 Å². The van der Waals surface area contributed by atoms with Crippen molar-refractivity contribution < 1.29 is 9.84 Å². The number of hydrogen-bond acceptors (Lipinski definition) is 4. The first-order valence-electron chi connectivity index (χ1n) is 9.04. The molecule has 0 radical (unpaired) electrons. The Bertz CT molecular complexity index is 335. The lowest BCUT2D eigenvalue weighted by Crippen LogP contribution is -2.49. The van der Waals surface area contributed by atoms with Crippen LogP contribution in [0.3, 0.4) is 0 Å². The molecular weight excluding hydrogens is 419 g/mol. The van der Waals surface area contributed by atoms with Crippen LogP contribution in [0.15, 0.2) is 4.99 Å². The zero-order valence-electron chi connectivity index (χ0n) is 15.8. The van der Waals surface area contributed by atoms with E-state index in [0.717, 1.165) is 51.6 Å². The van der Waals surface area contributed by atoms with Gasteiger partial charge in [-0.15, -0.1) is 24.0 Å². The zero-order chi connectivity index (χ0) is 17.1. The summed E-state index contributed by atoms with van der Waals surface area (Å²) in [6.07, 6.45) is 2.57. The molecule has 24 heavy (non-hydrogen) atoms. The van der Waals surface area contributed by atoms with Crippen molar-refractivity contribution in [2.75, 3.05) is 45.9 Å². The summed E-state index contributed by atoms with van der Waals surface area (Å²) in [5.41, 5.74) is 0. The highest BCUT2D eigenvalue weighted by Crippen LogP contribution is 2.10. The van der Waals surface area contributed by atoms with E-state index in [2.05, 4.69) is 41.3 Å². The molecule has 1 aliphatic heterocycles. The number of nitrogens with zero attached hydrogens (tertiary/aromatic N) is 2. The highest BCUT2D eigenvalue weighted by molar-refractivity contribution is 14.0. The fourth-order valence-corrected chi connectivity index (χ4v) is 2.54. The van der Waals surface area contributed by atoms with Crippen LogP contribution in [0.1, 0.15) is 40.5 Å². The van der Waals surface area contributed by atoms with E-state index < -0.39 is 0 Å². The predicted octanol–water partition coefficient (Wildman–Crippen LogP) is 1.68. The lowest BCUT2D eigenvalue weighted by molar-refractivity contribution is 0.0532. The lowest BCUT2D eigenvalue weighted by Gasteiger charge is -2.33. The Labute approximate surface area is 164 Å². The van der Waals surface area contributed by atoms with Crippen LogP contribution < -0.4 is 10.6 Å². The molecule has 0 aromatic heterocycles. The van der Waals surface area contributed by atoms with Crippen molar-refractivity contribution in [2.24, 2.45) is 10.9 Å². The van der Waals surface area contributed by atoms with Gasteiger partial charge in [-0.2, -0.15) is 0 Å². The van der Waals surface area contributed by atoms with E-state index in [9.17, 15) is 0 Å². The molecule has 1 heterocycles. The lowest BCUT2D eigenvalue weighted by atomic mass is 10.1. The first kappa shape index (κ1) is 23.9. The summed E-state index contributed by atoms with van der Waals surface area (Å²) in [5.74, 6) is 1.07. The molecule has 144 valence electrons. The third-order valence-electron chi connectivity index (χ3n) is 4.00. The van der Waals surface area contributed by atoms with Crippen molar-refractivity contribution in [1.29, 1.82) is 0 Å². The van der Waals surface area contributed by atoms with E-state index in [1.165, 1.54) is 0 Å². The van der Waals surface area contributed by atoms with Crippen molar-refractivity contribution >= 4 is 29.9 Å². The third kappa shape index (κ3) is 10.7. The standard InChI is InChI=1S/C17H36N4O2.HI/c1-5-18-17(19-12-15(4)13-22)20-16-6-8-21(9-7-16)10-11-23-14(2)3;/h14-16,22H,5-13H2,1-4H3,(H2,18,19,20);1H. The van der Waals surface area contributed by atoms with E-state index in [1.54, 1.807) is 0 Å². The zero-order valence-corrected chi connectivity index (χ0v) is 18.1.